The molecule has 1 aromatic rings. The van der Waals surface area contributed by atoms with Crippen molar-refractivity contribution in [2.45, 2.75) is 6.42 Å². The predicted molar refractivity (Wildman–Crippen MR) is 56.5 cm³/mol. The SMILES string of the molecule is CNCCC#Cc1cc(F)c(F)cc1C#N. The second-order valence-electron chi connectivity index (χ2n) is 3.08. The minimum absolute atomic E-state index is 0.0517. The van der Waals surface area contributed by atoms with Gasteiger partial charge in [0.1, 0.15) is 6.07 Å². The molecule has 0 aromatic heterocycles. The highest BCUT2D eigenvalue weighted by Crippen LogP contribution is 2.13. The van der Waals surface area contributed by atoms with Crippen LogP contribution < -0.4 is 5.32 Å². The summed E-state index contributed by atoms with van der Waals surface area (Å²) in [7, 11) is 1.79. The number of nitriles is 1. The van der Waals surface area contributed by atoms with Crippen molar-refractivity contribution in [2.75, 3.05) is 13.6 Å². The Morgan fingerprint density at radius 2 is 1.88 bits per heavy atom. The van der Waals surface area contributed by atoms with Crippen molar-refractivity contribution in [3.05, 3.63) is 34.9 Å². The van der Waals surface area contributed by atoms with Crippen LogP contribution in [0.5, 0.6) is 0 Å². The smallest absolute Gasteiger partial charge is 0.160 e. The van der Waals surface area contributed by atoms with Crippen LogP contribution in [0.25, 0.3) is 0 Å². The van der Waals surface area contributed by atoms with Crippen molar-refractivity contribution >= 4 is 0 Å². The van der Waals surface area contributed by atoms with Gasteiger partial charge in [-0.15, -0.1) is 0 Å². The molecule has 16 heavy (non-hydrogen) atoms. The zero-order chi connectivity index (χ0) is 12.0. The van der Waals surface area contributed by atoms with Crippen molar-refractivity contribution in [1.29, 1.82) is 5.26 Å². The van der Waals surface area contributed by atoms with Crippen LogP contribution in [0.1, 0.15) is 17.5 Å². The van der Waals surface area contributed by atoms with Crippen molar-refractivity contribution in [2.24, 2.45) is 0 Å². The van der Waals surface area contributed by atoms with E-state index in [0.29, 0.717) is 13.0 Å². The van der Waals surface area contributed by atoms with Gasteiger partial charge in [-0.1, -0.05) is 11.8 Å². The Morgan fingerprint density at radius 3 is 2.44 bits per heavy atom. The van der Waals surface area contributed by atoms with Crippen LogP contribution in [0, 0.1) is 34.8 Å². The highest BCUT2D eigenvalue weighted by molar-refractivity contribution is 5.48. The van der Waals surface area contributed by atoms with Gasteiger partial charge in [0.05, 0.1) is 5.56 Å². The van der Waals surface area contributed by atoms with Gasteiger partial charge in [-0.3, -0.25) is 0 Å². The van der Waals surface area contributed by atoms with E-state index in [2.05, 4.69) is 17.2 Å². The van der Waals surface area contributed by atoms with Gasteiger partial charge in [0, 0.05) is 18.5 Å². The summed E-state index contributed by atoms with van der Waals surface area (Å²) < 4.78 is 25.7. The molecule has 0 spiro atoms. The number of nitrogens with one attached hydrogen (secondary N) is 1. The average Bonchev–Trinajstić information content (AvgIpc) is 2.28. The Bertz CT molecular complexity index is 478. The minimum atomic E-state index is -1.03. The Kier molecular flexibility index (Phi) is 4.44. The summed E-state index contributed by atoms with van der Waals surface area (Å²) >= 11 is 0. The summed E-state index contributed by atoms with van der Waals surface area (Å²) in [5.74, 6) is 3.40. The summed E-state index contributed by atoms with van der Waals surface area (Å²) in [6.45, 7) is 0.707. The van der Waals surface area contributed by atoms with E-state index >= 15 is 0 Å². The fraction of sp³-hybridized carbons (Fsp3) is 0.250. The zero-order valence-corrected chi connectivity index (χ0v) is 8.77. The lowest BCUT2D eigenvalue weighted by atomic mass is 10.1. The van der Waals surface area contributed by atoms with Gasteiger partial charge in [-0.25, -0.2) is 8.78 Å². The van der Waals surface area contributed by atoms with Crippen LogP contribution in [-0.4, -0.2) is 13.6 Å². The predicted octanol–water partition coefficient (Wildman–Crippen LogP) is 1.80. The van der Waals surface area contributed by atoms with E-state index in [1.807, 2.05) is 0 Å². The van der Waals surface area contributed by atoms with Crippen LogP contribution in [0.2, 0.25) is 0 Å². The van der Waals surface area contributed by atoms with Gasteiger partial charge in [-0.2, -0.15) is 5.26 Å². The quantitative estimate of drug-likeness (QED) is 0.609. The standard InChI is InChI=1S/C12H10F2N2/c1-16-5-3-2-4-9-6-11(13)12(14)7-10(9)8-15/h6-7,16H,3,5H2,1H3. The summed E-state index contributed by atoms with van der Waals surface area (Å²) in [6, 6.07) is 3.58. The summed E-state index contributed by atoms with van der Waals surface area (Å²) in [6.07, 6.45) is 0.584. The van der Waals surface area contributed by atoms with Crippen LogP contribution in [0.15, 0.2) is 12.1 Å². The van der Waals surface area contributed by atoms with E-state index in [0.717, 1.165) is 12.1 Å². The molecular weight excluding hydrogens is 210 g/mol. The monoisotopic (exact) mass is 220 g/mol. The van der Waals surface area contributed by atoms with E-state index in [4.69, 9.17) is 5.26 Å². The van der Waals surface area contributed by atoms with E-state index < -0.39 is 11.6 Å². The van der Waals surface area contributed by atoms with Gasteiger partial charge in [0.15, 0.2) is 11.6 Å². The molecule has 0 heterocycles. The second-order valence-corrected chi connectivity index (χ2v) is 3.08. The first kappa shape index (κ1) is 12.2. The van der Waals surface area contributed by atoms with Gasteiger partial charge in [-0.05, 0) is 19.2 Å². The fourth-order valence-electron chi connectivity index (χ4n) is 1.09. The van der Waals surface area contributed by atoms with Gasteiger partial charge in [0.25, 0.3) is 0 Å². The maximum absolute atomic E-state index is 12.9. The molecule has 0 aliphatic heterocycles. The molecule has 0 bridgehead atoms. The van der Waals surface area contributed by atoms with Crippen molar-refractivity contribution < 1.29 is 8.78 Å². The Balaban J connectivity index is 2.98. The van der Waals surface area contributed by atoms with Crippen LogP contribution in [0.3, 0.4) is 0 Å². The molecule has 2 nitrogen and oxygen atoms in total. The molecule has 0 saturated heterocycles. The molecule has 0 saturated carbocycles. The van der Waals surface area contributed by atoms with E-state index in [1.165, 1.54) is 0 Å². The van der Waals surface area contributed by atoms with Gasteiger partial charge in [0.2, 0.25) is 0 Å². The topological polar surface area (TPSA) is 35.8 Å². The third-order valence-corrected chi connectivity index (χ3v) is 1.90. The summed E-state index contributed by atoms with van der Waals surface area (Å²) in [5, 5.41) is 11.6. The molecular formula is C12H10F2N2. The molecule has 82 valence electrons. The summed E-state index contributed by atoms with van der Waals surface area (Å²) in [5.41, 5.74) is 0.272. The first-order valence-corrected chi connectivity index (χ1v) is 4.71. The van der Waals surface area contributed by atoms with Crippen LogP contribution in [0.4, 0.5) is 8.78 Å². The molecule has 0 fully saturated rings. The van der Waals surface area contributed by atoms with Gasteiger partial charge >= 0.3 is 0 Å². The number of nitrogens with zero attached hydrogens (tertiary/aromatic N) is 1. The van der Waals surface area contributed by atoms with Crippen LogP contribution >= 0.6 is 0 Å². The molecule has 0 unspecified atom stereocenters. The molecule has 1 N–H and O–H groups in total. The molecule has 0 radical (unpaired) electrons. The van der Waals surface area contributed by atoms with Crippen molar-refractivity contribution in [1.82, 2.24) is 5.32 Å². The highest BCUT2D eigenvalue weighted by atomic mass is 19.2. The molecule has 1 aromatic carbocycles. The number of hydrogen-bond donors (Lipinski definition) is 1. The molecule has 1 rings (SSSR count). The highest BCUT2D eigenvalue weighted by Gasteiger charge is 2.07. The maximum Gasteiger partial charge on any atom is 0.160 e. The number of rotatable bonds is 2. The maximum atomic E-state index is 12.9. The number of hydrogen-bond acceptors (Lipinski definition) is 2. The van der Waals surface area contributed by atoms with Gasteiger partial charge < -0.3 is 5.32 Å². The molecule has 4 heteroatoms. The normalized spacial score (nSPS) is 9.12. The largest absolute Gasteiger partial charge is 0.319 e. The van der Waals surface area contributed by atoms with Crippen LogP contribution in [-0.2, 0) is 0 Å². The Labute approximate surface area is 92.9 Å². The minimum Gasteiger partial charge on any atom is -0.319 e. The van der Waals surface area contributed by atoms with Crippen molar-refractivity contribution in [3.63, 3.8) is 0 Å². The molecule has 0 aliphatic rings. The third-order valence-electron chi connectivity index (χ3n) is 1.90. The van der Waals surface area contributed by atoms with Crippen molar-refractivity contribution in [3.8, 4) is 17.9 Å². The lowest BCUT2D eigenvalue weighted by molar-refractivity contribution is 0.508. The number of benzene rings is 1. The van der Waals surface area contributed by atoms with E-state index in [-0.39, 0.29) is 11.1 Å². The van der Waals surface area contributed by atoms with E-state index in [9.17, 15) is 8.78 Å². The summed E-state index contributed by atoms with van der Waals surface area (Å²) in [4.78, 5) is 0. The molecule has 0 aliphatic carbocycles. The molecule has 0 atom stereocenters. The second kappa shape index (κ2) is 5.85. The molecule has 0 amide bonds. The lowest BCUT2D eigenvalue weighted by Gasteiger charge is -1.97. The fourth-order valence-corrected chi connectivity index (χ4v) is 1.09. The average molecular weight is 220 g/mol. The third kappa shape index (κ3) is 3.05. The first-order chi connectivity index (χ1) is 7.69. The van der Waals surface area contributed by atoms with E-state index in [1.54, 1.807) is 13.1 Å². The zero-order valence-electron chi connectivity index (χ0n) is 8.77. The first-order valence-electron chi connectivity index (χ1n) is 4.71. The number of halogens is 2. The Morgan fingerprint density at radius 1 is 1.25 bits per heavy atom. The Hall–Kier alpha value is -1.91. The lowest BCUT2D eigenvalue weighted by Crippen LogP contribution is -2.05.